The van der Waals surface area contributed by atoms with Crippen molar-refractivity contribution in [2.24, 2.45) is 5.73 Å². The number of halogens is 1. The van der Waals surface area contributed by atoms with Gasteiger partial charge in [-0.3, -0.25) is 4.79 Å². The average Bonchev–Trinajstić information content (AvgIpc) is 2.57. The van der Waals surface area contributed by atoms with Crippen LogP contribution in [0.1, 0.15) is 17.3 Å². The Labute approximate surface area is 143 Å². The molecule has 1 unspecified atom stereocenters. The summed E-state index contributed by atoms with van der Waals surface area (Å²) >= 11 is 0. The lowest BCUT2D eigenvalue weighted by Crippen LogP contribution is -2.30. The van der Waals surface area contributed by atoms with Crippen LogP contribution in [0.25, 0.3) is 0 Å². The van der Waals surface area contributed by atoms with Crippen LogP contribution in [-0.2, 0) is 9.53 Å². The van der Waals surface area contributed by atoms with E-state index in [1.165, 1.54) is 55.5 Å². The molecule has 0 fully saturated rings. The van der Waals surface area contributed by atoms with Gasteiger partial charge in [0.15, 0.2) is 6.10 Å². The largest absolute Gasteiger partial charge is 0.449 e. The Bertz CT molecular complexity index is 775. The number of hydrogen-bond donors (Lipinski definition) is 3. The maximum Gasteiger partial charge on any atom is 0.338 e. The molecule has 130 valence electrons. The van der Waals surface area contributed by atoms with Gasteiger partial charge in [0, 0.05) is 11.4 Å². The first kappa shape index (κ1) is 17.9. The highest BCUT2D eigenvalue weighted by Gasteiger charge is 2.19. The molecule has 0 bridgehead atoms. The van der Waals surface area contributed by atoms with Crippen molar-refractivity contribution in [3.63, 3.8) is 0 Å². The summed E-state index contributed by atoms with van der Waals surface area (Å²) in [7, 11) is 0. The van der Waals surface area contributed by atoms with Crippen molar-refractivity contribution in [2.75, 3.05) is 10.6 Å². The van der Waals surface area contributed by atoms with Gasteiger partial charge in [0.25, 0.3) is 5.91 Å². The van der Waals surface area contributed by atoms with Crippen LogP contribution in [0.4, 0.5) is 20.6 Å². The Morgan fingerprint density at radius 1 is 0.960 bits per heavy atom. The third kappa shape index (κ3) is 5.31. The van der Waals surface area contributed by atoms with E-state index in [4.69, 9.17) is 10.5 Å². The van der Waals surface area contributed by atoms with Crippen molar-refractivity contribution in [1.82, 2.24) is 0 Å². The fourth-order valence-corrected chi connectivity index (χ4v) is 1.89. The summed E-state index contributed by atoms with van der Waals surface area (Å²) in [6, 6.07) is 10.3. The van der Waals surface area contributed by atoms with Gasteiger partial charge in [0.1, 0.15) is 5.82 Å². The van der Waals surface area contributed by atoms with E-state index in [9.17, 15) is 18.8 Å². The molecule has 2 aromatic carbocycles. The first-order valence-electron chi connectivity index (χ1n) is 7.29. The Morgan fingerprint density at radius 3 is 2.04 bits per heavy atom. The molecule has 8 heteroatoms. The Hall–Kier alpha value is -3.42. The Balaban J connectivity index is 1.93. The number of ether oxygens (including phenoxy) is 1. The smallest absolute Gasteiger partial charge is 0.338 e. The molecule has 0 aliphatic heterocycles. The molecule has 25 heavy (non-hydrogen) atoms. The van der Waals surface area contributed by atoms with Crippen LogP contribution >= 0.6 is 0 Å². The molecule has 7 nitrogen and oxygen atoms in total. The third-order valence-corrected chi connectivity index (χ3v) is 3.15. The van der Waals surface area contributed by atoms with E-state index < -0.39 is 29.8 Å². The van der Waals surface area contributed by atoms with Crippen LogP contribution < -0.4 is 16.4 Å². The van der Waals surface area contributed by atoms with Crippen LogP contribution in [0.15, 0.2) is 48.5 Å². The van der Waals surface area contributed by atoms with Crippen molar-refractivity contribution < 1.29 is 23.5 Å². The second-order valence-electron chi connectivity index (χ2n) is 5.11. The maximum atomic E-state index is 12.8. The summed E-state index contributed by atoms with van der Waals surface area (Å²) in [5, 5.41) is 4.87. The maximum absolute atomic E-state index is 12.8. The van der Waals surface area contributed by atoms with Gasteiger partial charge in [0.2, 0.25) is 0 Å². The summed E-state index contributed by atoms with van der Waals surface area (Å²) in [6.45, 7) is 1.42. The first-order chi connectivity index (χ1) is 11.8. The highest BCUT2D eigenvalue weighted by molar-refractivity contribution is 5.97. The van der Waals surface area contributed by atoms with E-state index in [1.54, 1.807) is 0 Å². The molecular formula is C17H16FN3O4. The minimum atomic E-state index is -1.05. The average molecular weight is 345 g/mol. The Morgan fingerprint density at radius 2 is 1.48 bits per heavy atom. The lowest BCUT2D eigenvalue weighted by molar-refractivity contribution is -0.123. The van der Waals surface area contributed by atoms with Crippen molar-refractivity contribution in [1.29, 1.82) is 0 Å². The van der Waals surface area contributed by atoms with Crippen LogP contribution in [0, 0.1) is 5.82 Å². The van der Waals surface area contributed by atoms with Crippen molar-refractivity contribution in [3.8, 4) is 0 Å². The number of nitrogens with one attached hydrogen (secondary N) is 2. The van der Waals surface area contributed by atoms with Crippen LogP contribution in [0.5, 0.6) is 0 Å². The second-order valence-corrected chi connectivity index (χ2v) is 5.11. The fraction of sp³-hybridized carbons (Fsp3) is 0.118. The predicted octanol–water partition coefficient (Wildman–Crippen LogP) is 2.50. The van der Waals surface area contributed by atoms with Gasteiger partial charge in [-0.1, -0.05) is 0 Å². The monoisotopic (exact) mass is 345 g/mol. The molecule has 0 aliphatic carbocycles. The number of urea groups is 1. The van der Waals surface area contributed by atoms with Gasteiger partial charge >= 0.3 is 12.0 Å². The molecule has 0 spiro atoms. The van der Waals surface area contributed by atoms with Gasteiger partial charge in [-0.05, 0) is 55.5 Å². The molecule has 1 atom stereocenters. The zero-order valence-electron chi connectivity index (χ0n) is 13.3. The summed E-state index contributed by atoms with van der Waals surface area (Å²) in [4.78, 5) is 34.8. The zero-order valence-corrected chi connectivity index (χ0v) is 13.3. The number of carbonyl (C=O) groups is 3. The summed E-state index contributed by atoms with van der Waals surface area (Å²) < 4.78 is 17.9. The molecular weight excluding hydrogens is 329 g/mol. The molecule has 0 heterocycles. The lowest BCUT2D eigenvalue weighted by atomic mass is 10.2. The first-order valence-corrected chi connectivity index (χ1v) is 7.29. The molecule has 0 aliphatic rings. The minimum absolute atomic E-state index is 0.205. The van der Waals surface area contributed by atoms with E-state index in [2.05, 4.69) is 10.6 Å². The molecule has 4 N–H and O–H groups in total. The van der Waals surface area contributed by atoms with Crippen molar-refractivity contribution >= 4 is 29.3 Å². The van der Waals surface area contributed by atoms with E-state index >= 15 is 0 Å². The van der Waals surface area contributed by atoms with Crippen LogP contribution in [0.3, 0.4) is 0 Å². The summed E-state index contributed by atoms with van der Waals surface area (Å²) in [6.07, 6.45) is -1.05. The van der Waals surface area contributed by atoms with Gasteiger partial charge in [-0.2, -0.15) is 0 Å². The molecule has 0 aromatic heterocycles. The number of primary amides is 1. The van der Waals surface area contributed by atoms with Gasteiger partial charge in [-0.15, -0.1) is 0 Å². The number of nitrogens with two attached hydrogens (primary N) is 1. The number of anilines is 2. The molecule has 0 saturated heterocycles. The predicted molar refractivity (Wildman–Crippen MR) is 89.6 cm³/mol. The number of rotatable bonds is 5. The molecule has 0 saturated carbocycles. The zero-order chi connectivity index (χ0) is 18.4. The van der Waals surface area contributed by atoms with E-state index in [0.29, 0.717) is 11.4 Å². The molecule has 0 radical (unpaired) electrons. The molecule has 2 rings (SSSR count). The summed E-state index contributed by atoms with van der Waals surface area (Å²) in [5.41, 5.74) is 6.00. The number of carbonyl (C=O) groups excluding carboxylic acids is 3. The van der Waals surface area contributed by atoms with Gasteiger partial charge in [-0.25, -0.2) is 14.0 Å². The van der Waals surface area contributed by atoms with Gasteiger partial charge < -0.3 is 21.1 Å². The summed E-state index contributed by atoms with van der Waals surface area (Å²) in [5.74, 6) is -1.67. The van der Waals surface area contributed by atoms with Crippen LogP contribution in [0.2, 0.25) is 0 Å². The highest BCUT2D eigenvalue weighted by atomic mass is 19.1. The van der Waals surface area contributed by atoms with Crippen LogP contribution in [-0.4, -0.2) is 24.0 Å². The molecule has 2 aromatic rings. The third-order valence-electron chi connectivity index (χ3n) is 3.15. The van der Waals surface area contributed by atoms with Crippen molar-refractivity contribution in [2.45, 2.75) is 13.0 Å². The Kier molecular flexibility index (Phi) is 5.67. The van der Waals surface area contributed by atoms with E-state index in [0.717, 1.165) is 0 Å². The topological polar surface area (TPSA) is 111 Å². The highest BCUT2D eigenvalue weighted by Crippen LogP contribution is 2.13. The van der Waals surface area contributed by atoms with E-state index in [1.807, 2.05) is 0 Å². The normalized spacial score (nSPS) is 11.3. The lowest BCUT2D eigenvalue weighted by Gasteiger charge is -2.13. The quantitative estimate of drug-likeness (QED) is 0.723. The van der Waals surface area contributed by atoms with E-state index in [-0.39, 0.29) is 5.56 Å². The SMILES string of the molecule is CC(OC(=O)c1ccc(NC(N)=O)cc1)C(=O)Nc1ccc(F)cc1. The number of amides is 3. The van der Waals surface area contributed by atoms with Gasteiger partial charge in [0.05, 0.1) is 5.56 Å². The number of benzene rings is 2. The molecule has 3 amide bonds. The number of hydrogen-bond acceptors (Lipinski definition) is 4. The van der Waals surface area contributed by atoms with Crippen molar-refractivity contribution in [3.05, 3.63) is 59.9 Å². The standard InChI is InChI=1S/C17H16FN3O4/c1-10(15(22)20-13-8-4-12(18)5-9-13)25-16(23)11-2-6-14(7-3-11)21-17(19)24/h2-10H,1H3,(H,20,22)(H3,19,21,24). The minimum Gasteiger partial charge on any atom is -0.449 e. The fourth-order valence-electron chi connectivity index (χ4n) is 1.89. The number of esters is 1. The second kappa shape index (κ2) is 7.91.